The van der Waals surface area contributed by atoms with Crippen molar-refractivity contribution >= 4 is 17.6 Å². The van der Waals surface area contributed by atoms with Crippen LogP contribution in [-0.4, -0.2) is 38.3 Å². The smallest absolute Gasteiger partial charge is 0.338 e. The first kappa shape index (κ1) is 22.4. The lowest BCUT2D eigenvalue weighted by atomic mass is 9.87. The summed E-state index contributed by atoms with van der Waals surface area (Å²) in [6.45, 7) is 9.36. The summed E-state index contributed by atoms with van der Waals surface area (Å²) in [4.78, 5) is 24.0. The van der Waals surface area contributed by atoms with Crippen LogP contribution in [0.15, 0.2) is 48.5 Å². The summed E-state index contributed by atoms with van der Waals surface area (Å²) in [6, 6.07) is 14.2. The molecular formula is C23H29NO5. The van der Waals surface area contributed by atoms with Gasteiger partial charge in [0.05, 0.1) is 12.2 Å². The first-order valence-corrected chi connectivity index (χ1v) is 9.67. The Hall–Kier alpha value is -2.86. The Kier molecular flexibility index (Phi) is 8.21. The quantitative estimate of drug-likeness (QED) is 0.505. The van der Waals surface area contributed by atoms with E-state index < -0.39 is 5.97 Å². The van der Waals surface area contributed by atoms with Crippen molar-refractivity contribution in [1.82, 2.24) is 0 Å². The van der Waals surface area contributed by atoms with Crippen molar-refractivity contribution in [3.8, 4) is 5.75 Å². The molecule has 0 aliphatic carbocycles. The lowest BCUT2D eigenvalue weighted by Gasteiger charge is -2.19. The fourth-order valence-electron chi connectivity index (χ4n) is 2.51. The lowest BCUT2D eigenvalue weighted by Crippen LogP contribution is -2.20. The molecule has 0 aliphatic heterocycles. The normalized spacial score (nSPS) is 11.0. The molecule has 0 unspecified atom stereocenters. The first-order chi connectivity index (χ1) is 13.8. The van der Waals surface area contributed by atoms with Crippen molar-refractivity contribution in [3.63, 3.8) is 0 Å². The number of ether oxygens (including phenoxy) is 3. The molecule has 0 fully saturated rings. The minimum absolute atomic E-state index is 0.0672. The molecule has 0 atom stereocenters. The number of benzene rings is 2. The summed E-state index contributed by atoms with van der Waals surface area (Å²) in [7, 11) is 0. The highest BCUT2D eigenvalue weighted by Gasteiger charge is 2.13. The van der Waals surface area contributed by atoms with Gasteiger partial charge in [-0.15, -0.1) is 0 Å². The minimum atomic E-state index is -0.426. The van der Waals surface area contributed by atoms with E-state index in [0.29, 0.717) is 30.2 Å². The number of nitrogens with one attached hydrogen (secondary N) is 1. The monoisotopic (exact) mass is 399 g/mol. The van der Waals surface area contributed by atoms with Gasteiger partial charge in [0, 0.05) is 12.3 Å². The largest absolute Gasteiger partial charge is 0.484 e. The third kappa shape index (κ3) is 7.58. The van der Waals surface area contributed by atoms with Crippen molar-refractivity contribution in [2.45, 2.75) is 33.1 Å². The van der Waals surface area contributed by atoms with E-state index >= 15 is 0 Å². The van der Waals surface area contributed by atoms with Gasteiger partial charge in [0.15, 0.2) is 6.61 Å². The Morgan fingerprint density at radius 3 is 2.17 bits per heavy atom. The van der Waals surface area contributed by atoms with Gasteiger partial charge in [-0.2, -0.15) is 0 Å². The summed E-state index contributed by atoms with van der Waals surface area (Å²) in [5.74, 6) is -0.0696. The van der Waals surface area contributed by atoms with Crippen LogP contribution >= 0.6 is 0 Å². The molecule has 2 aromatic rings. The zero-order valence-corrected chi connectivity index (χ0v) is 17.5. The molecule has 0 radical (unpaired) electrons. The van der Waals surface area contributed by atoms with Crippen LogP contribution in [0.1, 0.15) is 43.6 Å². The maximum absolute atomic E-state index is 12.1. The van der Waals surface area contributed by atoms with Gasteiger partial charge in [-0.05, 0) is 54.3 Å². The van der Waals surface area contributed by atoms with Gasteiger partial charge in [0.1, 0.15) is 12.4 Å². The number of hydrogen-bond acceptors (Lipinski definition) is 5. The van der Waals surface area contributed by atoms with E-state index in [1.54, 1.807) is 24.3 Å². The summed E-state index contributed by atoms with van der Waals surface area (Å²) in [5, 5.41) is 2.74. The second-order valence-corrected chi connectivity index (χ2v) is 7.52. The zero-order valence-electron chi connectivity index (χ0n) is 17.5. The topological polar surface area (TPSA) is 73.9 Å². The third-order valence-corrected chi connectivity index (χ3v) is 4.16. The van der Waals surface area contributed by atoms with Gasteiger partial charge in [-0.25, -0.2) is 4.79 Å². The molecule has 0 bridgehead atoms. The van der Waals surface area contributed by atoms with Crippen molar-refractivity contribution in [2.24, 2.45) is 0 Å². The molecule has 6 nitrogen and oxygen atoms in total. The molecule has 6 heteroatoms. The SMILES string of the molecule is CCOCCOC(=O)c1ccc(NC(=O)COc2ccc(C(C)(C)C)cc2)cc1. The molecule has 1 amide bonds. The molecule has 0 aliphatic rings. The van der Waals surface area contributed by atoms with E-state index in [2.05, 4.69) is 26.1 Å². The van der Waals surface area contributed by atoms with Gasteiger partial charge in [0.25, 0.3) is 5.91 Å². The summed E-state index contributed by atoms with van der Waals surface area (Å²) >= 11 is 0. The number of anilines is 1. The molecule has 1 N–H and O–H groups in total. The van der Waals surface area contributed by atoms with Gasteiger partial charge >= 0.3 is 5.97 Å². The predicted octanol–water partition coefficient (Wildman–Crippen LogP) is 4.19. The number of hydrogen-bond donors (Lipinski definition) is 1. The van der Waals surface area contributed by atoms with Crippen molar-refractivity contribution in [1.29, 1.82) is 0 Å². The van der Waals surface area contributed by atoms with Crippen molar-refractivity contribution in [2.75, 3.05) is 31.7 Å². The van der Waals surface area contributed by atoms with Crippen LogP contribution in [0.4, 0.5) is 5.69 Å². The van der Waals surface area contributed by atoms with Crippen LogP contribution in [-0.2, 0) is 19.7 Å². The van der Waals surface area contributed by atoms with E-state index in [9.17, 15) is 9.59 Å². The van der Waals surface area contributed by atoms with Gasteiger partial charge in [-0.1, -0.05) is 32.9 Å². The highest BCUT2D eigenvalue weighted by molar-refractivity contribution is 5.93. The van der Waals surface area contributed by atoms with E-state index in [0.717, 1.165) is 0 Å². The number of carbonyl (C=O) groups excluding carboxylic acids is 2. The van der Waals surface area contributed by atoms with E-state index in [1.165, 1.54) is 5.56 Å². The summed E-state index contributed by atoms with van der Waals surface area (Å²) in [5.41, 5.74) is 2.26. The molecule has 156 valence electrons. The highest BCUT2D eigenvalue weighted by Crippen LogP contribution is 2.24. The highest BCUT2D eigenvalue weighted by atomic mass is 16.6. The standard InChI is InChI=1S/C23H29NO5/c1-5-27-14-15-28-22(26)17-6-10-19(11-7-17)24-21(25)16-29-20-12-8-18(9-13-20)23(2,3)4/h6-13H,5,14-16H2,1-4H3,(H,24,25). The summed E-state index contributed by atoms with van der Waals surface area (Å²) < 4.78 is 15.8. The van der Waals surface area contributed by atoms with Crippen LogP contribution in [0.5, 0.6) is 5.75 Å². The van der Waals surface area contributed by atoms with Crippen LogP contribution in [0.25, 0.3) is 0 Å². The average molecular weight is 399 g/mol. The first-order valence-electron chi connectivity index (χ1n) is 9.67. The predicted molar refractivity (Wildman–Crippen MR) is 112 cm³/mol. The number of esters is 1. The maximum Gasteiger partial charge on any atom is 0.338 e. The van der Waals surface area contributed by atoms with E-state index in [-0.39, 0.29) is 24.5 Å². The molecule has 0 spiro atoms. The Balaban J connectivity index is 1.79. The van der Waals surface area contributed by atoms with Crippen LogP contribution in [0, 0.1) is 0 Å². The van der Waals surface area contributed by atoms with Crippen molar-refractivity contribution in [3.05, 3.63) is 59.7 Å². The fraction of sp³-hybridized carbons (Fsp3) is 0.391. The van der Waals surface area contributed by atoms with Crippen molar-refractivity contribution < 1.29 is 23.8 Å². The Bertz CT molecular complexity index is 792. The zero-order chi connectivity index (χ0) is 21.3. The number of carbonyl (C=O) groups is 2. The van der Waals surface area contributed by atoms with Crippen LogP contribution in [0.2, 0.25) is 0 Å². The van der Waals surface area contributed by atoms with Gasteiger partial charge in [-0.3, -0.25) is 4.79 Å². The number of amides is 1. The molecule has 0 saturated heterocycles. The van der Waals surface area contributed by atoms with E-state index in [4.69, 9.17) is 14.2 Å². The molecule has 2 aromatic carbocycles. The third-order valence-electron chi connectivity index (χ3n) is 4.16. The van der Waals surface area contributed by atoms with Crippen LogP contribution < -0.4 is 10.1 Å². The van der Waals surface area contributed by atoms with Gasteiger partial charge in [0.2, 0.25) is 0 Å². The lowest BCUT2D eigenvalue weighted by molar-refractivity contribution is -0.118. The Morgan fingerprint density at radius 2 is 1.59 bits per heavy atom. The fourth-order valence-corrected chi connectivity index (χ4v) is 2.51. The second kappa shape index (κ2) is 10.6. The Labute approximate surface area is 172 Å². The minimum Gasteiger partial charge on any atom is -0.484 e. The Morgan fingerprint density at radius 1 is 0.931 bits per heavy atom. The number of rotatable bonds is 9. The maximum atomic E-state index is 12.1. The molecule has 2 rings (SSSR count). The second-order valence-electron chi connectivity index (χ2n) is 7.52. The molecule has 0 aromatic heterocycles. The average Bonchev–Trinajstić information content (AvgIpc) is 2.70. The van der Waals surface area contributed by atoms with Crippen LogP contribution in [0.3, 0.4) is 0 Å². The molecule has 0 heterocycles. The molecule has 29 heavy (non-hydrogen) atoms. The van der Waals surface area contributed by atoms with E-state index in [1.807, 2.05) is 31.2 Å². The molecule has 0 saturated carbocycles. The van der Waals surface area contributed by atoms with Gasteiger partial charge < -0.3 is 19.5 Å². The summed E-state index contributed by atoms with van der Waals surface area (Å²) in [6.07, 6.45) is 0. The molecular weight excluding hydrogens is 370 g/mol.